The van der Waals surface area contributed by atoms with Gasteiger partial charge in [-0.1, -0.05) is 18.2 Å². The van der Waals surface area contributed by atoms with Crippen molar-refractivity contribution in [1.82, 2.24) is 15.6 Å². The van der Waals surface area contributed by atoms with Crippen molar-refractivity contribution in [1.29, 1.82) is 0 Å². The Morgan fingerprint density at radius 1 is 1.12 bits per heavy atom. The molecule has 0 unspecified atom stereocenters. The molecule has 0 radical (unpaired) electrons. The van der Waals surface area contributed by atoms with Crippen LogP contribution in [-0.2, 0) is 0 Å². The van der Waals surface area contributed by atoms with E-state index in [1.165, 1.54) is 38.2 Å². The second kappa shape index (κ2) is 7.49. The lowest BCUT2D eigenvalue weighted by molar-refractivity contribution is 0.0958. The van der Waals surface area contributed by atoms with Gasteiger partial charge in [-0.3, -0.25) is 10.1 Å². The van der Waals surface area contributed by atoms with Crippen LogP contribution >= 0.6 is 0 Å². The highest BCUT2D eigenvalue weighted by atomic mass is 19.2. The van der Waals surface area contributed by atoms with Crippen molar-refractivity contribution in [2.45, 2.75) is 13.0 Å². The molecule has 3 amide bonds. The van der Waals surface area contributed by atoms with Crippen LogP contribution in [0.15, 0.2) is 36.4 Å². The molecule has 0 fully saturated rings. The molecular weight excluding hydrogens is 318 g/mol. The fourth-order valence-corrected chi connectivity index (χ4v) is 2.04. The summed E-state index contributed by atoms with van der Waals surface area (Å²) in [5, 5.41) is 7.34. The number of amides is 3. The summed E-state index contributed by atoms with van der Waals surface area (Å²) in [5.41, 5.74) is 0.164. The third-order valence-corrected chi connectivity index (χ3v) is 3.25. The summed E-state index contributed by atoms with van der Waals surface area (Å²) >= 11 is 0. The molecule has 6 nitrogen and oxygen atoms in total. The molecule has 0 saturated carbocycles. The van der Waals surface area contributed by atoms with Gasteiger partial charge in [0.2, 0.25) is 0 Å². The number of hydrogen-bond donors (Lipinski definition) is 3. The van der Waals surface area contributed by atoms with E-state index in [0.29, 0.717) is 0 Å². The van der Waals surface area contributed by atoms with Gasteiger partial charge in [0.1, 0.15) is 11.5 Å². The Morgan fingerprint density at radius 3 is 2.54 bits per heavy atom. The molecule has 0 aliphatic carbocycles. The Kier molecular flexibility index (Phi) is 5.41. The highest BCUT2D eigenvalue weighted by Crippen LogP contribution is 2.19. The van der Waals surface area contributed by atoms with E-state index >= 15 is 0 Å². The lowest BCUT2D eigenvalue weighted by Crippen LogP contribution is -2.32. The van der Waals surface area contributed by atoms with E-state index in [0.717, 1.165) is 6.07 Å². The molecule has 1 aromatic heterocycles. The summed E-state index contributed by atoms with van der Waals surface area (Å²) in [7, 11) is 1.46. The Bertz CT molecular complexity index is 767. The van der Waals surface area contributed by atoms with E-state index in [9.17, 15) is 18.4 Å². The largest absolute Gasteiger partial charge is 0.354 e. The number of pyridine rings is 1. The molecular formula is C16H16F2N4O2. The third-order valence-electron chi connectivity index (χ3n) is 3.25. The van der Waals surface area contributed by atoms with Gasteiger partial charge in [0, 0.05) is 12.6 Å². The van der Waals surface area contributed by atoms with Crippen LogP contribution in [0.3, 0.4) is 0 Å². The van der Waals surface area contributed by atoms with Crippen molar-refractivity contribution in [2.75, 3.05) is 12.4 Å². The zero-order valence-corrected chi connectivity index (χ0v) is 13.1. The van der Waals surface area contributed by atoms with Crippen molar-refractivity contribution >= 4 is 17.8 Å². The number of benzene rings is 1. The first-order valence-corrected chi connectivity index (χ1v) is 7.13. The second-order valence-corrected chi connectivity index (χ2v) is 4.95. The first-order chi connectivity index (χ1) is 11.4. The van der Waals surface area contributed by atoms with Crippen LogP contribution in [0.25, 0.3) is 0 Å². The zero-order chi connectivity index (χ0) is 17.7. The quantitative estimate of drug-likeness (QED) is 0.804. The first-order valence-electron chi connectivity index (χ1n) is 7.13. The second-order valence-electron chi connectivity index (χ2n) is 4.95. The van der Waals surface area contributed by atoms with Gasteiger partial charge in [0.15, 0.2) is 11.6 Å². The van der Waals surface area contributed by atoms with E-state index < -0.39 is 29.6 Å². The summed E-state index contributed by atoms with van der Waals surface area (Å²) in [5.74, 6) is -2.23. The Balaban J connectivity index is 2.05. The van der Waals surface area contributed by atoms with Crippen LogP contribution in [0.2, 0.25) is 0 Å². The molecule has 0 saturated heterocycles. The molecule has 0 aliphatic heterocycles. The Labute approximate surface area is 137 Å². The van der Waals surface area contributed by atoms with Gasteiger partial charge >= 0.3 is 6.03 Å². The summed E-state index contributed by atoms with van der Waals surface area (Å²) in [6.45, 7) is 1.52. The summed E-state index contributed by atoms with van der Waals surface area (Å²) in [6.07, 6.45) is 0. The summed E-state index contributed by atoms with van der Waals surface area (Å²) in [6, 6.07) is 6.87. The Morgan fingerprint density at radius 2 is 1.83 bits per heavy atom. The number of aromatic nitrogens is 1. The van der Waals surface area contributed by atoms with E-state index in [-0.39, 0.29) is 17.1 Å². The van der Waals surface area contributed by atoms with Gasteiger partial charge in [-0.05, 0) is 25.1 Å². The van der Waals surface area contributed by atoms with Crippen molar-refractivity contribution in [2.24, 2.45) is 0 Å². The molecule has 1 atom stereocenters. The maximum atomic E-state index is 13.7. The topological polar surface area (TPSA) is 83.1 Å². The highest BCUT2D eigenvalue weighted by molar-refractivity contribution is 5.93. The van der Waals surface area contributed by atoms with Gasteiger partial charge in [-0.25, -0.2) is 18.6 Å². The number of anilines is 1. The number of hydrogen-bond acceptors (Lipinski definition) is 3. The summed E-state index contributed by atoms with van der Waals surface area (Å²) < 4.78 is 26.9. The minimum atomic E-state index is -1.01. The lowest BCUT2D eigenvalue weighted by Gasteiger charge is -2.16. The predicted molar refractivity (Wildman–Crippen MR) is 84.6 cm³/mol. The van der Waals surface area contributed by atoms with E-state index in [2.05, 4.69) is 20.9 Å². The minimum Gasteiger partial charge on any atom is -0.354 e. The van der Waals surface area contributed by atoms with Gasteiger partial charge in [0.25, 0.3) is 5.91 Å². The number of rotatable bonds is 4. The smallest absolute Gasteiger partial charge is 0.320 e. The third kappa shape index (κ3) is 4.03. The molecule has 126 valence electrons. The van der Waals surface area contributed by atoms with Gasteiger partial charge in [-0.2, -0.15) is 0 Å². The SMILES string of the molecule is CNC(=O)c1cccc(NC(=O)N[C@@H](C)c2cccc(F)c2F)n1. The van der Waals surface area contributed by atoms with Crippen LogP contribution in [0.5, 0.6) is 0 Å². The number of nitrogens with one attached hydrogen (secondary N) is 3. The van der Waals surface area contributed by atoms with Crippen molar-refractivity contribution in [3.8, 4) is 0 Å². The molecule has 0 bridgehead atoms. The molecule has 24 heavy (non-hydrogen) atoms. The average molecular weight is 334 g/mol. The normalized spacial score (nSPS) is 11.5. The van der Waals surface area contributed by atoms with E-state index in [1.54, 1.807) is 6.07 Å². The number of nitrogens with zero attached hydrogens (tertiary/aromatic N) is 1. The van der Waals surface area contributed by atoms with Crippen molar-refractivity contribution in [3.63, 3.8) is 0 Å². The first kappa shape index (κ1) is 17.3. The van der Waals surface area contributed by atoms with Gasteiger partial charge < -0.3 is 10.6 Å². The molecule has 1 heterocycles. The summed E-state index contributed by atoms with van der Waals surface area (Å²) in [4.78, 5) is 27.4. The molecule has 8 heteroatoms. The number of halogens is 2. The fourth-order valence-electron chi connectivity index (χ4n) is 2.04. The maximum absolute atomic E-state index is 13.7. The van der Waals surface area contributed by atoms with Crippen LogP contribution in [-0.4, -0.2) is 24.0 Å². The van der Waals surface area contributed by atoms with Crippen LogP contribution < -0.4 is 16.0 Å². The van der Waals surface area contributed by atoms with E-state index in [4.69, 9.17) is 0 Å². The van der Waals surface area contributed by atoms with Crippen LogP contribution in [0.4, 0.5) is 19.4 Å². The van der Waals surface area contributed by atoms with Gasteiger partial charge in [-0.15, -0.1) is 0 Å². The molecule has 1 aromatic carbocycles. The standard InChI is InChI=1S/C16H16F2N4O2/c1-9(10-5-3-6-11(17)14(10)18)20-16(24)22-13-8-4-7-12(21-13)15(23)19-2/h3-9H,1-2H3,(H,19,23)(H2,20,21,22,24)/t9-/m0/s1. The predicted octanol–water partition coefficient (Wildman–Crippen LogP) is 2.60. The molecule has 2 rings (SSSR count). The maximum Gasteiger partial charge on any atom is 0.320 e. The van der Waals surface area contributed by atoms with Crippen LogP contribution in [0, 0.1) is 11.6 Å². The van der Waals surface area contributed by atoms with E-state index in [1.807, 2.05) is 0 Å². The average Bonchev–Trinajstić information content (AvgIpc) is 2.56. The monoisotopic (exact) mass is 334 g/mol. The van der Waals surface area contributed by atoms with Gasteiger partial charge in [0.05, 0.1) is 6.04 Å². The van der Waals surface area contributed by atoms with Crippen molar-refractivity contribution < 1.29 is 18.4 Å². The molecule has 3 N–H and O–H groups in total. The fraction of sp³-hybridized carbons (Fsp3) is 0.188. The molecule has 2 aromatic rings. The minimum absolute atomic E-state index is 0.0252. The van der Waals surface area contributed by atoms with Crippen molar-refractivity contribution in [3.05, 3.63) is 59.3 Å². The number of carbonyl (C=O) groups excluding carboxylic acids is 2. The lowest BCUT2D eigenvalue weighted by atomic mass is 10.1. The number of urea groups is 1. The highest BCUT2D eigenvalue weighted by Gasteiger charge is 2.16. The Hall–Kier alpha value is -3.03. The number of carbonyl (C=O) groups is 2. The molecule has 0 spiro atoms. The van der Waals surface area contributed by atoms with Crippen LogP contribution in [0.1, 0.15) is 29.0 Å². The molecule has 0 aliphatic rings. The zero-order valence-electron chi connectivity index (χ0n) is 13.1.